The molecule has 42 heteroatoms. The predicted molar refractivity (Wildman–Crippen MR) is 560 cm³/mol. The van der Waals surface area contributed by atoms with Gasteiger partial charge in [-0.15, -0.1) is 0 Å². The number of nitrogens with one attached hydrogen (secondary N) is 4. The van der Waals surface area contributed by atoms with Crippen LogP contribution in [0.3, 0.4) is 0 Å². The van der Waals surface area contributed by atoms with E-state index in [9.17, 15) is 68.7 Å². The second-order valence-electron chi connectivity index (χ2n) is 35.7. The number of benzene rings is 6. The molecule has 4 bridgehead atoms. The Kier molecular flexibility index (Phi) is 62.7. The SMILES string of the molecule is CB(O)NC1CN2CCC1C2.CCOC(=O)/C=C/CNCc1ccccc1.CCOC(=O)C=CCBr.CCOC(=O)C[C@H]1CN(Cc2ccccc2)C[C@@H]1N.CCOC(=O)C[C@H]1CN(Cc2ccccc2)C[C@@H]1[N+](=O)[O-].NC1CN2CCC1C2.O=C(OCC[N+](=O)[O-])c1ccccc1.O=[N+]([O-])CCO.[B]C(=O)NC1CN(Cc2ccccc2)C[C@@H]1CC(=O)OCC.[B]C(=O)NC1CN(Cc2ccccc2)C[C@@H]1CCO. The molecule has 4 radical (unpaired) electrons. The van der Waals surface area contributed by atoms with E-state index < -0.39 is 33.5 Å². The summed E-state index contributed by atoms with van der Waals surface area (Å²) >= 11 is 3.13. The molecule has 145 heavy (non-hydrogen) atoms. The minimum atomic E-state index is -0.696. The Balaban J connectivity index is 0.000000289. The Morgan fingerprint density at radius 3 is 1.22 bits per heavy atom. The first kappa shape index (κ1) is 124. The number of alkyl halides is 1. The number of hydrogen-bond donors (Lipinski definition) is 9. The summed E-state index contributed by atoms with van der Waals surface area (Å²) in [4.78, 5) is 132. The summed E-state index contributed by atoms with van der Waals surface area (Å²) in [5.74, 6) is -1.00. The lowest BCUT2D eigenvalue weighted by Gasteiger charge is -2.23. The zero-order valence-electron chi connectivity index (χ0n) is 84.5. The normalized spacial score (nSPS) is 21.7. The average molecular weight is 2080 g/mol. The van der Waals surface area contributed by atoms with Crippen molar-refractivity contribution in [2.45, 2.75) is 149 Å². The highest BCUT2D eigenvalue weighted by Gasteiger charge is 2.43. The molecule has 790 valence electrons. The molecule has 14 rings (SSSR count). The third-order valence-electron chi connectivity index (χ3n) is 24.3. The molecule has 0 spiro atoms. The number of amides is 2. The van der Waals surface area contributed by atoms with Crippen LogP contribution in [0.1, 0.15) is 111 Å². The molecular formula is C103H149B3BrN15O23. The number of allylic oxidation sites excluding steroid dienone is 1. The smallest absolute Gasteiger partial charge is 0.373 e. The highest BCUT2D eigenvalue weighted by molar-refractivity contribution is 9.09. The highest BCUT2D eigenvalue weighted by Crippen LogP contribution is 2.31. The zero-order chi connectivity index (χ0) is 106. The first-order chi connectivity index (χ1) is 69.8. The van der Waals surface area contributed by atoms with Crippen molar-refractivity contribution >= 4 is 86.1 Å². The number of nitrogens with two attached hydrogens (primary N) is 2. The van der Waals surface area contributed by atoms with Crippen molar-refractivity contribution in [2.75, 3.05) is 169 Å². The summed E-state index contributed by atoms with van der Waals surface area (Å²) in [5.41, 5.74) is 18.4. The lowest BCUT2D eigenvalue weighted by atomic mass is 9.84. The minimum absolute atomic E-state index is 0.0234. The summed E-state index contributed by atoms with van der Waals surface area (Å²) in [7, 11) is 10.1. The fourth-order valence-electron chi connectivity index (χ4n) is 17.7. The minimum Gasteiger partial charge on any atom is -0.466 e. The van der Waals surface area contributed by atoms with E-state index in [2.05, 4.69) is 120 Å². The maximum absolute atomic E-state index is 11.7. The zero-order valence-corrected chi connectivity index (χ0v) is 86.1. The number of nitro groups is 3. The van der Waals surface area contributed by atoms with E-state index in [4.69, 9.17) is 61.3 Å². The molecule has 8 aliphatic rings. The molecular weight excluding hydrogens is 1930 g/mol. The van der Waals surface area contributed by atoms with Gasteiger partial charge >= 0.3 is 42.9 Å². The number of esters is 6. The van der Waals surface area contributed by atoms with Crippen LogP contribution in [0.4, 0.5) is 9.59 Å². The largest absolute Gasteiger partial charge is 0.466 e. The molecule has 6 aromatic rings. The van der Waals surface area contributed by atoms with E-state index in [1.54, 1.807) is 77.0 Å². The fraction of sp³-hybridized carbons (Fsp3) is 0.534. The standard InChI is InChI=1S/C16H21BN2O3.C15H20N2O4.C15H22N2O2.C14H19BN2O2.C13H17NO2.C9H9NO4.C7H15BN2O.C6H9BrO2.C6H12N2.C2H5NO3/c1-2-22-15(20)8-13-10-19(11-14(13)18-16(17)21)9-12-6-4-3-5-7-12;1-2-21-15(18)8-13-10-16(11-14(13)17(19)20)9-12-6-4-3-5-7-12;1-2-19-15(18)8-13-10-17(11-14(13)16)9-12-6-4-3-5-7-12;15-14(19)16-13-10-17(9-12(13)6-7-18)8-11-4-2-1-3-5-11;1-2-16-13(15)9-6-10-14-11-12-7-4-3-5-8-12;11-9(14-7-6-10(12)13)8-4-2-1-3-5-8;1-8(11)9-7-5-10-3-2-6(7)4-10;1-2-9-6(8)4-3-5-7;7-6-4-8-2-1-5(6)3-8;4-2-1-3(5)6/h3-7,13-14H,2,8-11H2,1H3,(H,18,21);3-7,13-14H,2,8-11H2,1H3;3-7,13-14H,2,8-11,16H2,1H3;1-5,12-13,18H,6-10H2,(H,16,19);3-9,14H,2,10-11H2,1H3;1-5H,6-7H2;6-7,9,11H,2-5H2,1H3;3-4H,2,5H2,1H3;5-6H,1-4,7H2;4H,1-2H2/b;;;;9-6+;;;;;/t13-,14?;2*13-,14-;12-,13?;;;;;;/m0000....../s1. The Morgan fingerprint density at radius 2 is 0.848 bits per heavy atom. The van der Waals surface area contributed by atoms with Crippen molar-refractivity contribution in [1.82, 2.24) is 50.6 Å². The van der Waals surface area contributed by atoms with E-state index in [1.807, 2.05) is 115 Å². The third-order valence-corrected chi connectivity index (χ3v) is 24.7. The summed E-state index contributed by atoms with van der Waals surface area (Å²) in [6.07, 6.45) is 10.5. The molecule has 8 fully saturated rings. The Labute approximate surface area is 864 Å². The van der Waals surface area contributed by atoms with Gasteiger partial charge in [0.2, 0.25) is 34.8 Å². The summed E-state index contributed by atoms with van der Waals surface area (Å²) < 4.78 is 28.9. The Bertz CT molecular complexity index is 4750. The van der Waals surface area contributed by atoms with Crippen LogP contribution in [-0.2, 0) is 85.1 Å². The van der Waals surface area contributed by atoms with Crippen molar-refractivity contribution in [2.24, 2.45) is 47.0 Å². The summed E-state index contributed by atoms with van der Waals surface area (Å²) in [6.45, 7) is 29.3. The van der Waals surface area contributed by atoms with Crippen LogP contribution in [0.5, 0.6) is 0 Å². The van der Waals surface area contributed by atoms with Crippen LogP contribution in [-0.4, -0.2) is 335 Å². The van der Waals surface area contributed by atoms with Crippen molar-refractivity contribution in [1.29, 1.82) is 0 Å². The van der Waals surface area contributed by atoms with E-state index in [0.717, 1.165) is 89.4 Å². The number of carbonyl (C=O) groups excluding carboxylic acids is 8. The summed E-state index contributed by atoms with van der Waals surface area (Å²) in [6, 6.07) is 59.3. The number of carbonyl (C=O) groups is 8. The molecule has 8 aliphatic heterocycles. The van der Waals surface area contributed by atoms with Gasteiger partial charge in [0, 0.05) is 186 Å². The highest BCUT2D eigenvalue weighted by atomic mass is 79.9. The van der Waals surface area contributed by atoms with Crippen LogP contribution in [0.25, 0.3) is 0 Å². The number of aliphatic hydroxyl groups excluding tert-OH is 2. The van der Waals surface area contributed by atoms with Crippen LogP contribution in [0.2, 0.25) is 6.82 Å². The summed E-state index contributed by atoms with van der Waals surface area (Å²) in [5, 5.41) is 69.0. The van der Waals surface area contributed by atoms with Gasteiger partial charge in [-0.05, 0) is 137 Å². The number of ether oxygens (including phenoxy) is 6. The monoisotopic (exact) mass is 2080 g/mol. The fourth-order valence-corrected chi connectivity index (χ4v) is 17.9. The topological polar surface area (TPSA) is 502 Å². The van der Waals surface area contributed by atoms with E-state index in [-0.39, 0.29) is 123 Å². The molecule has 8 unspecified atom stereocenters. The first-order valence-electron chi connectivity index (χ1n) is 49.6. The third kappa shape index (κ3) is 53.7. The van der Waals surface area contributed by atoms with Crippen LogP contribution >= 0.6 is 15.9 Å². The average Bonchev–Trinajstić information content (AvgIpc) is 1.61. The van der Waals surface area contributed by atoms with Gasteiger partial charge in [-0.1, -0.05) is 198 Å². The van der Waals surface area contributed by atoms with Crippen LogP contribution < -0.4 is 32.6 Å². The molecule has 0 aromatic heterocycles. The molecule has 0 saturated carbocycles. The molecule has 8 heterocycles. The maximum Gasteiger partial charge on any atom is 0.373 e. The van der Waals surface area contributed by atoms with Gasteiger partial charge in [-0.25, -0.2) is 14.4 Å². The second kappa shape index (κ2) is 73.1. The van der Waals surface area contributed by atoms with Gasteiger partial charge in [-0.2, -0.15) is 0 Å². The van der Waals surface area contributed by atoms with E-state index >= 15 is 0 Å². The molecule has 6 aromatic carbocycles. The molecule has 8 saturated heterocycles. The predicted octanol–water partition coefficient (Wildman–Crippen LogP) is 7.99. The van der Waals surface area contributed by atoms with Gasteiger partial charge in [0.1, 0.15) is 6.61 Å². The maximum atomic E-state index is 11.7. The van der Waals surface area contributed by atoms with Crippen molar-refractivity contribution in [3.63, 3.8) is 0 Å². The van der Waals surface area contributed by atoms with Crippen molar-refractivity contribution < 1.29 is 96.8 Å². The first-order valence-corrected chi connectivity index (χ1v) is 50.7. The molecule has 38 nitrogen and oxygen atoms in total. The van der Waals surface area contributed by atoms with Crippen LogP contribution in [0.15, 0.2) is 206 Å². The van der Waals surface area contributed by atoms with Gasteiger partial charge < -0.3 is 86.1 Å². The van der Waals surface area contributed by atoms with E-state index in [1.165, 1.54) is 73.4 Å². The van der Waals surface area contributed by atoms with Crippen molar-refractivity contribution in [3.05, 3.63) is 270 Å². The number of halogens is 1. The molecule has 11 N–H and O–H groups in total. The van der Waals surface area contributed by atoms with Gasteiger partial charge in [-0.3, -0.25) is 73.9 Å². The second-order valence-corrected chi connectivity index (χ2v) is 36.3. The van der Waals surface area contributed by atoms with Gasteiger partial charge in [0.15, 0.2) is 18.2 Å². The number of likely N-dealkylation sites (tertiary alicyclic amines) is 4. The number of rotatable bonds is 39. The quantitative estimate of drug-likeness (QED) is 0.00258. The molecule has 0 aliphatic carbocycles. The molecule has 14 atom stereocenters. The number of piperidine rings is 2. The number of fused-ring (bicyclic) bond motifs is 4. The Morgan fingerprint density at radius 1 is 0.455 bits per heavy atom. The molecule has 2 amide bonds. The van der Waals surface area contributed by atoms with E-state index in [0.29, 0.717) is 108 Å². The lowest BCUT2D eigenvalue weighted by Crippen LogP contribution is -2.46. The number of aliphatic hydroxyl groups is 2. The lowest BCUT2D eigenvalue weighted by molar-refractivity contribution is -0.525. The Hall–Kier alpha value is -11.1. The number of hydrogen-bond acceptors (Lipinski definition) is 33. The van der Waals surface area contributed by atoms with Gasteiger partial charge in [0.25, 0.3) is 0 Å². The van der Waals surface area contributed by atoms with Crippen LogP contribution in [0, 0.1) is 65.9 Å². The van der Waals surface area contributed by atoms with Gasteiger partial charge in [0.05, 0.1) is 70.3 Å². The van der Waals surface area contributed by atoms with Crippen molar-refractivity contribution in [3.8, 4) is 0 Å². The number of nitrogens with zero attached hydrogens (tertiary/aromatic N) is 9.